The van der Waals surface area contributed by atoms with Crippen LogP contribution in [0.3, 0.4) is 0 Å². The fourth-order valence-corrected chi connectivity index (χ4v) is 2.61. The molecule has 0 aromatic heterocycles. The molecule has 0 radical (unpaired) electrons. The number of aryl methyl sites for hydroxylation is 1. The van der Waals surface area contributed by atoms with Gasteiger partial charge in [0.15, 0.2) is 0 Å². The topological polar surface area (TPSA) is 37.3 Å². The Hall–Kier alpha value is -0.830. The van der Waals surface area contributed by atoms with E-state index < -0.39 is 5.97 Å². The lowest BCUT2D eigenvalue weighted by Crippen LogP contribution is -2.03. The summed E-state index contributed by atoms with van der Waals surface area (Å²) in [6, 6.07) is 6.24. The molecule has 100 valence electrons. The van der Waals surface area contributed by atoms with Gasteiger partial charge in [-0.05, 0) is 36.0 Å². The molecule has 0 aliphatic rings. The maximum Gasteiger partial charge on any atom is 0.303 e. The number of halogens is 1. The Morgan fingerprint density at radius 2 is 2.11 bits per heavy atom. The van der Waals surface area contributed by atoms with Crippen LogP contribution in [0.15, 0.2) is 22.7 Å². The second kappa shape index (κ2) is 7.57. The molecule has 1 atom stereocenters. The molecule has 0 fully saturated rings. The monoisotopic (exact) mass is 312 g/mol. The second-order valence-electron chi connectivity index (χ2n) is 4.81. The number of carboxylic acids is 1. The molecule has 0 spiro atoms. The fourth-order valence-electron chi connectivity index (χ4n) is 2.02. The van der Waals surface area contributed by atoms with Gasteiger partial charge in [0.05, 0.1) is 6.42 Å². The van der Waals surface area contributed by atoms with Crippen LogP contribution in [0, 0.1) is 0 Å². The molecule has 0 bridgehead atoms. The van der Waals surface area contributed by atoms with Gasteiger partial charge in [0.1, 0.15) is 0 Å². The largest absolute Gasteiger partial charge is 0.481 e. The Kier molecular flexibility index (Phi) is 6.41. The molecular weight excluding hydrogens is 292 g/mol. The fraction of sp³-hybridized carbons (Fsp3) is 0.533. The quantitative estimate of drug-likeness (QED) is 0.737. The maximum absolute atomic E-state index is 10.7. The predicted octanol–water partition coefficient (Wildman–Crippen LogP) is 4.76. The van der Waals surface area contributed by atoms with Gasteiger partial charge in [-0.15, -0.1) is 0 Å². The number of benzene rings is 1. The van der Waals surface area contributed by atoms with Gasteiger partial charge in [0, 0.05) is 4.47 Å². The molecule has 0 aliphatic carbocycles. The molecule has 1 aromatic rings. The number of carbonyl (C=O) groups is 1. The van der Waals surface area contributed by atoms with Gasteiger partial charge >= 0.3 is 5.97 Å². The van der Waals surface area contributed by atoms with Crippen LogP contribution < -0.4 is 0 Å². The first kappa shape index (κ1) is 15.2. The van der Waals surface area contributed by atoms with Crippen molar-refractivity contribution in [3.05, 3.63) is 33.8 Å². The number of aliphatic carboxylic acids is 1. The number of rotatable bonds is 7. The average molecular weight is 313 g/mol. The SMILES string of the molecule is CCCCCc1ccc([C@@H](C)CC(=O)O)cc1Br. The summed E-state index contributed by atoms with van der Waals surface area (Å²) in [4.78, 5) is 10.7. The molecule has 0 saturated heterocycles. The second-order valence-corrected chi connectivity index (χ2v) is 5.66. The number of hydrogen-bond acceptors (Lipinski definition) is 1. The summed E-state index contributed by atoms with van der Waals surface area (Å²) in [5.74, 6) is -0.686. The normalized spacial score (nSPS) is 12.4. The molecular formula is C15H21BrO2. The Balaban J connectivity index is 2.69. The van der Waals surface area contributed by atoms with Crippen molar-refractivity contribution in [1.29, 1.82) is 0 Å². The smallest absolute Gasteiger partial charge is 0.303 e. The van der Waals surface area contributed by atoms with Crippen molar-refractivity contribution < 1.29 is 9.90 Å². The van der Waals surface area contributed by atoms with Crippen molar-refractivity contribution in [3.8, 4) is 0 Å². The third kappa shape index (κ3) is 4.81. The summed E-state index contributed by atoms with van der Waals surface area (Å²) >= 11 is 3.59. The molecule has 18 heavy (non-hydrogen) atoms. The standard InChI is InChI=1S/C15H21BrO2/c1-3-4-5-6-12-7-8-13(10-14(12)16)11(2)9-15(17)18/h7-8,10-11H,3-6,9H2,1-2H3,(H,17,18)/t11-/m0/s1. The third-order valence-electron chi connectivity index (χ3n) is 3.18. The molecule has 0 unspecified atom stereocenters. The van der Waals surface area contributed by atoms with E-state index in [-0.39, 0.29) is 12.3 Å². The first-order valence-electron chi connectivity index (χ1n) is 6.54. The van der Waals surface area contributed by atoms with Crippen LogP contribution in [0.4, 0.5) is 0 Å². The van der Waals surface area contributed by atoms with Crippen LogP contribution in [-0.2, 0) is 11.2 Å². The molecule has 0 aliphatic heterocycles. The lowest BCUT2D eigenvalue weighted by Gasteiger charge is -2.12. The van der Waals surface area contributed by atoms with Crippen LogP contribution >= 0.6 is 15.9 Å². The lowest BCUT2D eigenvalue weighted by molar-refractivity contribution is -0.137. The van der Waals surface area contributed by atoms with E-state index in [4.69, 9.17) is 5.11 Å². The highest BCUT2D eigenvalue weighted by Gasteiger charge is 2.11. The van der Waals surface area contributed by atoms with E-state index >= 15 is 0 Å². The van der Waals surface area contributed by atoms with Gasteiger partial charge in [-0.1, -0.05) is 54.8 Å². The van der Waals surface area contributed by atoms with Gasteiger partial charge in [-0.3, -0.25) is 4.79 Å². The van der Waals surface area contributed by atoms with Crippen LogP contribution in [0.5, 0.6) is 0 Å². The van der Waals surface area contributed by atoms with E-state index in [1.807, 2.05) is 6.92 Å². The third-order valence-corrected chi connectivity index (χ3v) is 3.91. The van der Waals surface area contributed by atoms with Gasteiger partial charge in [0.25, 0.3) is 0 Å². The molecule has 2 nitrogen and oxygen atoms in total. The van der Waals surface area contributed by atoms with E-state index in [9.17, 15) is 4.79 Å². The Morgan fingerprint density at radius 1 is 1.39 bits per heavy atom. The zero-order chi connectivity index (χ0) is 13.5. The highest BCUT2D eigenvalue weighted by Crippen LogP contribution is 2.26. The van der Waals surface area contributed by atoms with E-state index in [1.165, 1.54) is 24.8 Å². The Morgan fingerprint density at radius 3 is 2.67 bits per heavy atom. The van der Waals surface area contributed by atoms with E-state index in [0.717, 1.165) is 16.5 Å². The number of unbranched alkanes of at least 4 members (excludes halogenated alkanes) is 2. The summed E-state index contributed by atoms with van der Waals surface area (Å²) in [6.07, 6.45) is 4.96. The molecule has 0 saturated carbocycles. The van der Waals surface area contributed by atoms with Crippen LogP contribution in [-0.4, -0.2) is 11.1 Å². The van der Waals surface area contributed by atoms with Gasteiger partial charge in [-0.2, -0.15) is 0 Å². The van der Waals surface area contributed by atoms with Gasteiger partial charge in [0.2, 0.25) is 0 Å². The van der Waals surface area contributed by atoms with E-state index in [0.29, 0.717) is 0 Å². The summed E-state index contributed by atoms with van der Waals surface area (Å²) in [5.41, 5.74) is 2.40. The molecule has 0 amide bonds. The van der Waals surface area contributed by atoms with Crippen LogP contribution in [0.25, 0.3) is 0 Å². The summed E-state index contributed by atoms with van der Waals surface area (Å²) < 4.78 is 1.10. The lowest BCUT2D eigenvalue weighted by atomic mass is 9.96. The Bertz CT molecular complexity index is 401. The van der Waals surface area contributed by atoms with E-state index in [2.05, 4.69) is 41.1 Å². The van der Waals surface area contributed by atoms with Crippen molar-refractivity contribution in [3.63, 3.8) is 0 Å². The zero-order valence-electron chi connectivity index (χ0n) is 11.1. The summed E-state index contributed by atoms with van der Waals surface area (Å²) in [6.45, 7) is 4.15. The minimum Gasteiger partial charge on any atom is -0.481 e. The van der Waals surface area contributed by atoms with Crippen LogP contribution in [0.1, 0.15) is 56.6 Å². The van der Waals surface area contributed by atoms with Crippen LogP contribution in [0.2, 0.25) is 0 Å². The van der Waals surface area contributed by atoms with Crippen molar-refractivity contribution in [2.75, 3.05) is 0 Å². The summed E-state index contributed by atoms with van der Waals surface area (Å²) in [7, 11) is 0. The first-order chi connectivity index (χ1) is 8.54. The highest BCUT2D eigenvalue weighted by molar-refractivity contribution is 9.10. The molecule has 1 N–H and O–H groups in total. The van der Waals surface area contributed by atoms with Crippen molar-refractivity contribution in [2.24, 2.45) is 0 Å². The zero-order valence-corrected chi connectivity index (χ0v) is 12.7. The van der Waals surface area contributed by atoms with Gasteiger partial charge in [-0.25, -0.2) is 0 Å². The van der Waals surface area contributed by atoms with Gasteiger partial charge < -0.3 is 5.11 Å². The first-order valence-corrected chi connectivity index (χ1v) is 7.34. The molecule has 0 heterocycles. The minimum absolute atomic E-state index is 0.0588. The van der Waals surface area contributed by atoms with Crippen molar-refractivity contribution in [2.45, 2.75) is 51.9 Å². The van der Waals surface area contributed by atoms with Crippen molar-refractivity contribution >= 4 is 21.9 Å². The molecule has 1 rings (SSSR count). The van der Waals surface area contributed by atoms with E-state index in [1.54, 1.807) is 0 Å². The average Bonchev–Trinajstić information content (AvgIpc) is 2.30. The maximum atomic E-state index is 10.7. The predicted molar refractivity (Wildman–Crippen MR) is 78.0 cm³/mol. The molecule has 1 aromatic carbocycles. The number of hydrogen-bond donors (Lipinski definition) is 1. The highest BCUT2D eigenvalue weighted by atomic mass is 79.9. The summed E-state index contributed by atoms with van der Waals surface area (Å²) in [5, 5.41) is 8.80. The molecule has 3 heteroatoms. The Labute approximate surface area is 118 Å². The van der Waals surface area contributed by atoms with Crippen molar-refractivity contribution in [1.82, 2.24) is 0 Å². The minimum atomic E-state index is -0.745. The number of carboxylic acid groups (broad SMARTS) is 1.